The molecule has 5 nitrogen and oxygen atoms in total. The van der Waals surface area contributed by atoms with Gasteiger partial charge in [-0.2, -0.15) is 5.26 Å². The van der Waals surface area contributed by atoms with Crippen LogP contribution >= 0.6 is 11.6 Å². The van der Waals surface area contributed by atoms with E-state index < -0.39 is 0 Å². The van der Waals surface area contributed by atoms with Crippen LogP contribution in [0.1, 0.15) is 35.1 Å². The lowest BCUT2D eigenvalue weighted by Crippen LogP contribution is -2.02. The molecule has 0 radical (unpaired) electrons. The van der Waals surface area contributed by atoms with Gasteiger partial charge < -0.3 is 0 Å². The Morgan fingerprint density at radius 3 is 2.67 bits per heavy atom. The number of halogens is 1. The highest BCUT2D eigenvalue weighted by atomic mass is 35.5. The van der Waals surface area contributed by atoms with Gasteiger partial charge in [0.15, 0.2) is 5.78 Å². The van der Waals surface area contributed by atoms with Crippen LogP contribution in [0.15, 0.2) is 30.6 Å². The van der Waals surface area contributed by atoms with Crippen molar-refractivity contribution in [3.05, 3.63) is 52.7 Å². The van der Waals surface area contributed by atoms with Crippen LogP contribution in [0.4, 0.5) is 0 Å². The number of nitriles is 1. The maximum absolute atomic E-state index is 11.8. The van der Waals surface area contributed by atoms with Crippen molar-refractivity contribution in [1.82, 2.24) is 15.0 Å². The number of aromatic nitrogens is 3. The van der Waals surface area contributed by atoms with Gasteiger partial charge in [-0.05, 0) is 24.6 Å². The molecule has 0 unspecified atom stereocenters. The first kappa shape index (κ1) is 16.0. The first-order valence-electron chi connectivity index (χ1n) is 7.40. The van der Waals surface area contributed by atoms with Crippen molar-refractivity contribution >= 4 is 28.3 Å². The van der Waals surface area contributed by atoms with Crippen LogP contribution in [0.3, 0.4) is 0 Å². The zero-order chi connectivity index (χ0) is 17.3. The number of carbonyl (C=O) groups is 1. The highest BCUT2D eigenvalue weighted by molar-refractivity contribution is 6.30. The zero-order valence-electron chi connectivity index (χ0n) is 13.2. The summed E-state index contributed by atoms with van der Waals surface area (Å²) in [7, 11) is 0. The molecule has 0 saturated carbocycles. The van der Waals surface area contributed by atoms with E-state index in [1.807, 2.05) is 13.0 Å². The Bertz CT molecular complexity index is 1010. The van der Waals surface area contributed by atoms with Gasteiger partial charge in [0.05, 0.1) is 5.52 Å². The van der Waals surface area contributed by atoms with Crippen LogP contribution < -0.4 is 0 Å². The molecule has 118 valence electrons. The van der Waals surface area contributed by atoms with Gasteiger partial charge in [-0.1, -0.05) is 18.5 Å². The standard InChI is InChI=1S/C18H13ClN4O/c1-3-17(24)15-4-10(2)13(9-21-15)12-5-11-8-22-18(19)6-14(11)23-16(12)7-20/h4-6,8-9H,3H2,1-2H3. The molecule has 6 heteroatoms. The zero-order valence-corrected chi connectivity index (χ0v) is 13.9. The Morgan fingerprint density at radius 2 is 2.00 bits per heavy atom. The van der Waals surface area contributed by atoms with Crippen molar-refractivity contribution < 1.29 is 4.79 Å². The minimum absolute atomic E-state index is 0.0133. The van der Waals surface area contributed by atoms with Gasteiger partial charge in [-0.3, -0.25) is 9.78 Å². The lowest BCUT2D eigenvalue weighted by atomic mass is 9.99. The maximum atomic E-state index is 11.8. The lowest BCUT2D eigenvalue weighted by Gasteiger charge is -2.10. The van der Waals surface area contributed by atoms with E-state index in [0.717, 1.165) is 16.5 Å². The molecule has 24 heavy (non-hydrogen) atoms. The Kier molecular flexibility index (Phi) is 4.24. The molecule has 0 aliphatic heterocycles. The first-order valence-corrected chi connectivity index (χ1v) is 7.78. The fourth-order valence-electron chi connectivity index (χ4n) is 2.51. The minimum atomic E-state index is -0.0133. The molecule has 0 aromatic carbocycles. The van der Waals surface area contributed by atoms with E-state index in [1.165, 1.54) is 0 Å². The van der Waals surface area contributed by atoms with Crippen molar-refractivity contribution in [2.45, 2.75) is 20.3 Å². The quantitative estimate of drug-likeness (QED) is 0.531. The number of carbonyl (C=O) groups excluding carboxylic acids is 1. The molecule has 3 rings (SSSR count). The lowest BCUT2D eigenvalue weighted by molar-refractivity contribution is 0.0983. The van der Waals surface area contributed by atoms with Crippen LogP contribution in [0.2, 0.25) is 5.15 Å². The van der Waals surface area contributed by atoms with E-state index in [9.17, 15) is 10.1 Å². The van der Waals surface area contributed by atoms with Crippen molar-refractivity contribution in [2.24, 2.45) is 0 Å². The van der Waals surface area contributed by atoms with Crippen molar-refractivity contribution in [3.8, 4) is 17.2 Å². The van der Waals surface area contributed by atoms with E-state index in [-0.39, 0.29) is 11.5 Å². The van der Waals surface area contributed by atoms with Crippen molar-refractivity contribution in [1.29, 1.82) is 5.26 Å². The summed E-state index contributed by atoms with van der Waals surface area (Å²) in [6, 6.07) is 7.32. The highest BCUT2D eigenvalue weighted by Gasteiger charge is 2.14. The van der Waals surface area contributed by atoms with Gasteiger partial charge in [-0.25, -0.2) is 9.97 Å². The second-order valence-corrected chi connectivity index (χ2v) is 5.74. The van der Waals surface area contributed by atoms with E-state index >= 15 is 0 Å². The number of Topliss-reactive ketones (excluding diaryl/α,β-unsaturated/α-hetero) is 1. The Labute approximate surface area is 144 Å². The molecule has 0 saturated heterocycles. The minimum Gasteiger partial charge on any atom is -0.292 e. The Morgan fingerprint density at radius 1 is 1.21 bits per heavy atom. The first-order chi connectivity index (χ1) is 11.5. The summed E-state index contributed by atoms with van der Waals surface area (Å²) < 4.78 is 0. The summed E-state index contributed by atoms with van der Waals surface area (Å²) in [6.07, 6.45) is 3.64. The third-order valence-corrected chi connectivity index (χ3v) is 3.99. The summed E-state index contributed by atoms with van der Waals surface area (Å²) in [5.41, 5.74) is 3.61. The topological polar surface area (TPSA) is 79.5 Å². The predicted molar refractivity (Wildman–Crippen MR) is 91.9 cm³/mol. The number of hydrogen-bond donors (Lipinski definition) is 0. The van der Waals surface area contributed by atoms with Crippen molar-refractivity contribution in [2.75, 3.05) is 0 Å². The van der Waals surface area contributed by atoms with Gasteiger partial charge in [0, 0.05) is 41.4 Å². The van der Waals surface area contributed by atoms with Gasteiger partial charge >= 0.3 is 0 Å². The molecule has 0 aliphatic carbocycles. The van der Waals surface area contributed by atoms with Gasteiger partial charge in [0.25, 0.3) is 0 Å². The van der Waals surface area contributed by atoms with Crippen LogP contribution in [-0.2, 0) is 0 Å². The van der Waals surface area contributed by atoms with Gasteiger partial charge in [0.1, 0.15) is 22.6 Å². The average molecular weight is 337 g/mol. The third-order valence-electron chi connectivity index (χ3n) is 3.78. The largest absolute Gasteiger partial charge is 0.292 e. The summed E-state index contributed by atoms with van der Waals surface area (Å²) >= 11 is 5.88. The summed E-state index contributed by atoms with van der Waals surface area (Å²) in [5, 5.41) is 10.5. The van der Waals surface area contributed by atoms with E-state index in [0.29, 0.717) is 28.3 Å². The second kappa shape index (κ2) is 6.34. The molecule has 3 heterocycles. The molecule has 0 fully saturated rings. The maximum Gasteiger partial charge on any atom is 0.180 e. The molecule has 0 atom stereocenters. The predicted octanol–water partition coefficient (Wildman–Crippen LogP) is 4.12. The molecule has 3 aromatic heterocycles. The number of ketones is 1. The van der Waals surface area contributed by atoms with Crippen LogP contribution in [0.5, 0.6) is 0 Å². The number of rotatable bonds is 3. The number of fused-ring (bicyclic) bond motifs is 1. The smallest absolute Gasteiger partial charge is 0.180 e. The number of pyridine rings is 3. The molecule has 0 spiro atoms. The van der Waals surface area contributed by atoms with E-state index in [4.69, 9.17) is 11.6 Å². The summed E-state index contributed by atoms with van der Waals surface area (Å²) in [5.74, 6) is -0.0133. The average Bonchev–Trinajstić information content (AvgIpc) is 2.59. The van der Waals surface area contributed by atoms with E-state index in [2.05, 4.69) is 21.0 Å². The third kappa shape index (κ3) is 2.84. The van der Waals surface area contributed by atoms with E-state index in [1.54, 1.807) is 31.5 Å². The molecule has 0 bridgehead atoms. The van der Waals surface area contributed by atoms with Crippen LogP contribution in [0, 0.1) is 18.3 Å². The fourth-order valence-corrected chi connectivity index (χ4v) is 2.66. The van der Waals surface area contributed by atoms with Crippen LogP contribution in [-0.4, -0.2) is 20.7 Å². The number of nitrogens with zero attached hydrogens (tertiary/aromatic N) is 4. The number of aryl methyl sites for hydroxylation is 1. The molecule has 0 N–H and O–H groups in total. The molecule has 0 amide bonds. The van der Waals surface area contributed by atoms with Gasteiger partial charge in [-0.15, -0.1) is 0 Å². The normalized spacial score (nSPS) is 10.6. The van der Waals surface area contributed by atoms with Crippen molar-refractivity contribution in [3.63, 3.8) is 0 Å². The Hall–Kier alpha value is -2.84. The highest BCUT2D eigenvalue weighted by Crippen LogP contribution is 2.29. The number of hydrogen-bond acceptors (Lipinski definition) is 5. The van der Waals surface area contributed by atoms with Crippen LogP contribution in [0.25, 0.3) is 22.0 Å². The van der Waals surface area contributed by atoms with Gasteiger partial charge in [0.2, 0.25) is 0 Å². The molecular formula is C18H13ClN4O. The second-order valence-electron chi connectivity index (χ2n) is 5.36. The summed E-state index contributed by atoms with van der Waals surface area (Å²) in [6.45, 7) is 3.68. The Balaban J connectivity index is 2.20. The molecule has 0 aliphatic rings. The fraction of sp³-hybridized carbons (Fsp3) is 0.167. The molecule has 3 aromatic rings. The SMILES string of the molecule is CCC(=O)c1cc(C)c(-c2cc3cnc(Cl)cc3nc2C#N)cn1. The molecular weight excluding hydrogens is 324 g/mol. The summed E-state index contributed by atoms with van der Waals surface area (Å²) in [4.78, 5) is 24.4. The monoisotopic (exact) mass is 336 g/mol.